The first-order valence-corrected chi connectivity index (χ1v) is 9.86. The lowest BCUT2D eigenvalue weighted by Crippen LogP contribution is -2.09. The summed E-state index contributed by atoms with van der Waals surface area (Å²) in [6.07, 6.45) is 2.84. The Kier molecular flexibility index (Phi) is 4.55. The fourth-order valence-corrected chi connectivity index (χ4v) is 3.67. The average molecular weight is 364 g/mol. The maximum Gasteiger partial charge on any atom is 0.227 e. The van der Waals surface area contributed by atoms with Crippen molar-refractivity contribution in [2.75, 3.05) is 12.9 Å². The summed E-state index contributed by atoms with van der Waals surface area (Å²) < 4.78 is 11.6. The van der Waals surface area contributed by atoms with E-state index in [0.717, 1.165) is 34.1 Å². The molecule has 0 saturated carbocycles. The molecule has 1 aliphatic rings. The molecule has 0 saturated heterocycles. The van der Waals surface area contributed by atoms with Crippen LogP contribution in [-0.2, 0) is 6.42 Å². The molecule has 0 amide bonds. The molecule has 2 heterocycles. The van der Waals surface area contributed by atoms with Crippen LogP contribution in [0.4, 0.5) is 0 Å². The number of aryl methyl sites for hydroxylation is 1. The molecule has 1 aromatic heterocycles. The molecular formula is C21H20N2O2S. The van der Waals surface area contributed by atoms with Crippen LogP contribution in [0.3, 0.4) is 0 Å². The van der Waals surface area contributed by atoms with Crippen LogP contribution in [0.1, 0.15) is 23.6 Å². The van der Waals surface area contributed by atoms with Crippen molar-refractivity contribution in [3.05, 3.63) is 59.2 Å². The van der Waals surface area contributed by atoms with Crippen LogP contribution >= 0.6 is 11.8 Å². The molecule has 0 bridgehead atoms. The number of aromatic nitrogens is 2. The molecule has 4 rings (SSSR count). The van der Waals surface area contributed by atoms with E-state index in [2.05, 4.69) is 19.1 Å². The second kappa shape index (κ2) is 7.00. The zero-order valence-corrected chi connectivity index (χ0v) is 15.9. The summed E-state index contributed by atoms with van der Waals surface area (Å²) in [6, 6.07) is 14.1. The predicted molar refractivity (Wildman–Crippen MR) is 104 cm³/mol. The SMILES string of the molecule is CCOc1ccc(-c2nc3c(c(SC)n2)Cc2cc(C)ccc2O3)cc1. The zero-order valence-electron chi connectivity index (χ0n) is 15.1. The van der Waals surface area contributed by atoms with Crippen LogP contribution in [0.2, 0.25) is 0 Å². The molecule has 4 nitrogen and oxygen atoms in total. The van der Waals surface area contributed by atoms with Gasteiger partial charge in [-0.3, -0.25) is 0 Å². The van der Waals surface area contributed by atoms with Crippen LogP contribution in [0, 0.1) is 6.92 Å². The summed E-state index contributed by atoms with van der Waals surface area (Å²) in [5, 5.41) is 0.964. The number of nitrogens with zero attached hydrogens (tertiary/aromatic N) is 2. The van der Waals surface area contributed by atoms with Crippen molar-refractivity contribution in [3.8, 4) is 28.8 Å². The van der Waals surface area contributed by atoms with Gasteiger partial charge in [0, 0.05) is 12.0 Å². The van der Waals surface area contributed by atoms with Gasteiger partial charge in [0.1, 0.15) is 16.5 Å². The molecule has 0 unspecified atom stereocenters. The van der Waals surface area contributed by atoms with Crippen molar-refractivity contribution in [1.29, 1.82) is 0 Å². The van der Waals surface area contributed by atoms with E-state index in [1.807, 2.05) is 43.5 Å². The van der Waals surface area contributed by atoms with Crippen molar-refractivity contribution < 1.29 is 9.47 Å². The Balaban J connectivity index is 1.74. The molecule has 0 spiro atoms. The van der Waals surface area contributed by atoms with Crippen molar-refractivity contribution in [2.45, 2.75) is 25.3 Å². The molecule has 0 radical (unpaired) electrons. The number of fused-ring (bicyclic) bond motifs is 2. The maximum absolute atomic E-state index is 6.11. The van der Waals surface area contributed by atoms with E-state index < -0.39 is 0 Å². The van der Waals surface area contributed by atoms with Crippen LogP contribution < -0.4 is 9.47 Å². The van der Waals surface area contributed by atoms with Gasteiger partial charge in [0.15, 0.2) is 5.82 Å². The molecule has 5 heteroatoms. The number of hydrogen-bond acceptors (Lipinski definition) is 5. The third-order valence-electron chi connectivity index (χ3n) is 4.34. The maximum atomic E-state index is 6.11. The van der Waals surface area contributed by atoms with E-state index in [9.17, 15) is 0 Å². The van der Waals surface area contributed by atoms with Crippen molar-refractivity contribution in [3.63, 3.8) is 0 Å². The highest BCUT2D eigenvalue weighted by Gasteiger charge is 2.23. The highest BCUT2D eigenvalue weighted by molar-refractivity contribution is 7.98. The Bertz CT molecular complexity index is 955. The second-order valence-electron chi connectivity index (χ2n) is 6.19. The molecule has 132 valence electrons. The van der Waals surface area contributed by atoms with Gasteiger partial charge in [-0.2, -0.15) is 4.98 Å². The van der Waals surface area contributed by atoms with Crippen LogP contribution in [0.15, 0.2) is 47.5 Å². The normalized spacial score (nSPS) is 12.1. The van der Waals surface area contributed by atoms with Crippen LogP contribution in [0.5, 0.6) is 17.4 Å². The van der Waals surface area contributed by atoms with E-state index in [-0.39, 0.29) is 0 Å². The molecule has 0 N–H and O–H groups in total. The number of ether oxygens (including phenoxy) is 2. The third kappa shape index (κ3) is 3.15. The Morgan fingerprint density at radius 1 is 1.12 bits per heavy atom. The number of hydrogen-bond donors (Lipinski definition) is 0. The summed E-state index contributed by atoms with van der Waals surface area (Å²) in [7, 11) is 0. The summed E-state index contributed by atoms with van der Waals surface area (Å²) >= 11 is 1.63. The van der Waals surface area contributed by atoms with Gasteiger partial charge >= 0.3 is 0 Å². The molecule has 3 aromatic rings. The van der Waals surface area contributed by atoms with Gasteiger partial charge in [-0.1, -0.05) is 17.7 Å². The van der Waals surface area contributed by atoms with Gasteiger partial charge < -0.3 is 9.47 Å². The quantitative estimate of drug-likeness (QED) is 0.365. The van der Waals surface area contributed by atoms with Gasteiger partial charge in [-0.25, -0.2) is 4.98 Å². The molecular weight excluding hydrogens is 344 g/mol. The molecule has 2 aromatic carbocycles. The van der Waals surface area contributed by atoms with Crippen LogP contribution in [-0.4, -0.2) is 22.8 Å². The van der Waals surface area contributed by atoms with Crippen molar-refractivity contribution >= 4 is 11.8 Å². The molecule has 0 aliphatic carbocycles. The molecule has 26 heavy (non-hydrogen) atoms. The average Bonchev–Trinajstić information content (AvgIpc) is 2.66. The lowest BCUT2D eigenvalue weighted by atomic mass is 10.0. The molecule has 0 atom stereocenters. The Morgan fingerprint density at radius 2 is 1.92 bits per heavy atom. The lowest BCUT2D eigenvalue weighted by molar-refractivity contribution is 0.340. The number of thioether (sulfide) groups is 1. The van der Waals surface area contributed by atoms with Gasteiger partial charge in [0.25, 0.3) is 0 Å². The third-order valence-corrected chi connectivity index (χ3v) is 5.06. The fourth-order valence-electron chi connectivity index (χ4n) is 3.08. The van der Waals surface area contributed by atoms with Gasteiger partial charge in [-0.15, -0.1) is 11.8 Å². The zero-order chi connectivity index (χ0) is 18.1. The first kappa shape index (κ1) is 16.9. The summed E-state index contributed by atoms with van der Waals surface area (Å²) in [6.45, 7) is 4.72. The highest BCUT2D eigenvalue weighted by atomic mass is 32.2. The van der Waals surface area contributed by atoms with E-state index in [4.69, 9.17) is 19.4 Å². The van der Waals surface area contributed by atoms with Crippen molar-refractivity contribution in [2.24, 2.45) is 0 Å². The molecule has 1 aliphatic heterocycles. The van der Waals surface area contributed by atoms with E-state index in [1.54, 1.807) is 11.8 Å². The van der Waals surface area contributed by atoms with E-state index >= 15 is 0 Å². The van der Waals surface area contributed by atoms with Gasteiger partial charge in [-0.05, 0) is 56.0 Å². The highest BCUT2D eigenvalue weighted by Crippen LogP contribution is 2.40. The Morgan fingerprint density at radius 3 is 2.65 bits per heavy atom. The Labute approximate surface area is 157 Å². The summed E-state index contributed by atoms with van der Waals surface area (Å²) in [4.78, 5) is 9.48. The van der Waals surface area contributed by atoms with Crippen molar-refractivity contribution in [1.82, 2.24) is 9.97 Å². The smallest absolute Gasteiger partial charge is 0.227 e. The largest absolute Gasteiger partial charge is 0.494 e. The minimum absolute atomic E-state index is 0.651. The fraction of sp³-hybridized carbons (Fsp3) is 0.238. The summed E-state index contributed by atoms with van der Waals surface area (Å²) in [5.41, 5.74) is 4.42. The first-order chi connectivity index (χ1) is 12.7. The van der Waals surface area contributed by atoms with Crippen LogP contribution in [0.25, 0.3) is 11.4 Å². The Hall–Kier alpha value is -2.53. The monoisotopic (exact) mass is 364 g/mol. The summed E-state index contributed by atoms with van der Waals surface area (Å²) in [5.74, 6) is 3.06. The number of benzene rings is 2. The lowest BCUT2D eigenvalue weighted by Gasteiger charge is -2.21. The number of rotatable bonds is 4. The molecule has 0 fully saturated rings. The first-order valence-electron chi connectivity index (χ1n) is 8.63. The minimum atomic E-state index is 0.651. The standard InChI is InChI=1S/C21H20N2O2S/c1-4-24-16-8-6-14(7-9-16)19-22-20-17(21(23-19)26-3)12-15-11-13(2)5-10-18(15)25-20/h5-11H,4,12H2,1-3H3. The van der Waals surface area contributed by atoms with E-state index in [0.29, 0.717) is 18.3 Å². The topological polar surface area (TPSA) is 44.2 Å². The second-order valence-corrected chi connectivity index (χ2v) is 6.98. The predicted octanol–water partition coefficient (Wildman–Crippen LogP) is 5.27. The van der Waals surface area contributed by atoms with Gasteiger partial charge in [0.2, 0.25) is 5.88 Å². The van der Waals surface area contributed by atoms with Gasteiger partial charge in [0.05, 0.1) is 12.2 Å². The van der Waals surface area contributed by atoms with E-state index in [1.165, 1.54) is 11.1 Å². The minimum Gasteiger partial charge on any atom is -0.494 e.